The summed E-state index contributed by atoms with van der Waals surface area (Å²) in [6, 6.07) is 9.31. The Kier molecular flexibility index (Phi) is 3.67. The van der Waals surface area contributed by atoms with Crippen molar-refractivity contribution in [1.29, 1.82) is 0 Å². The minimum absolute atomic E-state index is 0.224. The van der Waals surface area contributed by atoms with E-state index in [-0.39, 0.29) is 9.79 Å². The average Bonchev–Trinajstić information content (AvgIpc) is 2.38. The van der Waals surface area contributed by atoms with E-state index in [1.807, 2.05) is 14.1 Å². The van der Waals surface area contributed by atoms with Crippen LogP contribution in [-0.2, 0) is 9.84 Å². The van der Waals surface area contributed by atoms with Crippen molar-refractivity contribution >= 4 is 21.3 Å². The van der Waals surface area contributed by atoms with E-state index in [1.54, 1.807) is 36.1 Å². The summed E-state index contributed by atoms with van der Waals surface area (Å²) in [7, 11) is 0.0852. The van der Waals surface area contributed by atoms with Crippen molar-refractivity contribution in [1.82, 2.24) is 4.98 Å². The predicted molar refractivity (Wildman–Crippen MR) is 79.6 cm³/mol. The standard InChI is InChI=1S/C14H17N3O2S/c1-10-8-13(9-14(16-10)17(2)3)20(18,19)12-6-4-11(15)5-7-12/h4-9H,15H2,1-3H3. The van der Waals surface area contributed by atoms with E-state index in [1.165, 1.54) is 12.1 Å². The Labute approximate surface area is 119 Å². The van der Waals surface area contributed by atoms with Gasteiger partial charge in [-0.15, -0.1) is 0 Å². The van der Waals surface area contributed by atoms with Crippen molar-refractivity contribution in [2.45, 2.75) is 16.7 Å². The molecule has 0 unspecified atom stereocenters. The predicted octanol–water partition coefficient (Wildman–Crippen LogP) is 1.87. The number of nitrogens with zero attached hydrogens (tertiary/aromatic N) is 2. The topological polar surface area (TPSA) is 76.3 Å². The molecular formula is C14H17N3O2S. The van der Waals surface area contributed by atoms with Crippen molar-refractivity contribution in [2.75, 3.05) is 24.7 Å². The highest BCUT2D eigenvalue weighted by Crippen LogP contribution is 2.24. The summed E-state index contributed by atoms with van der Waals surface area (Å²) in [5, 5.41) is 0. The lowest BCUT2D eigenvalue weighted by Crippen LogP contribution is -2.13. The zero-order valence-electron chi connectivity index (χ0n) is 11.7. The first-order valence-electron chi connectivity index (χ1n) is 6.07. The first-order chi connectivity index (χ1) is 9.30. The van der Waals surface area contributed by atoms with Crippen molar-refractivity contribution in [3.63, 3.8) is 0 Å². The lowest BCUT2D eigenvalue weighted by molar-refractivity contribution is 0.596. The Morgan fingerprint density at radius 2 is 1.65 bits per heavy atom. The van der Waals surface area contributed by atoms with E-state index in [0.717, 1.165) is 0 Å². The summed E-state index contributed by atoms with van der Waals surface area (Å²) in [5.41, 5.74) is 6.77. The summed E-state index contributed by atoms with van der Waals surface area (Å²) in [6.45, 7) is 1.77. The molecule has 0 amide bonds. The van der Waals surface area contributed by atoms with Gasteiger partial charge in [-0.3, -0.25) is 0 Å². The lowest BCUT2D eigenvalue weighted by Gasteiger charge is -2.14. The van der Waals surface area contributed by atoms with Crippen LogP contribution >= 0.6 is 0 Å². The Morgan fingerprint density at radius 3 is 2.20 bits per heavy atom. The lowest BCUT2D eigenvalue weighted by atomic mass is 10.3. The number of pyridine rings is 1. The molecule has 6 heteroatoms. The van der Waals surface area contributed by atoms with Crippen LogP contribution in [0.3, 0.4) is 0 Å². The number of aromatic nitrogens is 1. The van der Waals surface area contributed by atoms with E-state index in [0.29, 0.717) is 17.2 Å². The number of nitrogens with two attached hydrogens (primary N) is 1. The molecule has 1 heterocycles. The number of sulfone groups is 1. The Morgan fingerprint density at radius 1 is 1.05 bits per heavy atom. The maximum absolute atomic E-state index is 12.6. The molecule has 0 spiro atoms. The zero-order valence-corrected chi connectivity index (χ0v) is 12.5. The number of nitrogen functional groups attached to an aromatic ring is 1. The molecule has 0 saturated heterocycles. The van der Waals surface area contributed by atoms with Crippen LogP contribution < -0.4 is 10.6 Å². The second-order valence-electron chi connectivity index (χ2n) is 4.77. The summed E-state index contributed by atoms with van der Waals surface area (Å²) in [6.07, 6.45) is 0. The number of aryl methyl sites for hydroxylation is 1. The smallest absolute Gasteiger partial charge is 0.206 e. The summed E-state index contributed by atoms with van der Waals surface area (Å²) in [5.74, 6) is 0.610. The van der Waals surface area contributed by atoms with Crippen LogP contribution in [0.25, 0.3) is 0 Å². The second kappa shape index (κ2) is 5.13. The van der Waals surface area contributed by atoms with E-state index in [2.05, 4.69) is 4.98 Å². The maximum atomic E-state index is 12.6. The molecule has 0 fully saturated rings. The Hall–Kier alpha value is -2.08. The van der Waals surface area contributed by atoms with Gasteiger partial charge in [0.2, 0.25) is 9.84 Å². The molecule has 106 valence electrons. The van der Waals surface area contributed by atoms with Crippen molar-refractivity contribution in [3.8, 4) is 0 Å². The van der Waals surface area contributed by atoms with Gasteiger partial charge >= 0.3 is 0 Å². The molecule has 2 N–H and O–H groups in total. The number of hydrogen-bond donors (Lipinski definition) is 1. The molecular weight excluding hydrogens is 274 g/mol. The molecule has 0 radical (unpaired) electrons. The van der Waals surface area contributed by atoms with Crippen LogP contribution in [0.4, 0.5) is 11.5 Å². The maximum Gasteiger partial charge on any atom is 0.206 e. The highest BCUT2D eigenvalue weighted by Gasteiger charge is 2.19. The van der Waals surface area contributed by atoms with Gasteiger partial charge in [-0.25, -0.2) is 13.4 Å². The van der Waals surface area contributed by atoms with Crippen LogP contribution in [0, 0.1) is 6.92 Å². The summed E-state index contributed by atoms with van der Waals surface area (Å²) < 4.78 is 25.2. The van der Waals surface area contributed by atoms with Gasteiger partial charge in [-0.2, -0.15) is 0 Å². The number of anilines is 2. The third-order valence-electron chi connectivity index (χ3n) is 2.87. The number of hydrogen-bond acceptors (Lipinski definition) is 5. The van der Waals surface area contributed by atoms with E-state index < -0.39 is 9.84 Å². The molecule has 1 aromatic heterocycles. The van der Waals surface area contributed by atoms with Crippen molar-refractivity contribution < 1.29 is 8.42 Å². The van der Waals surface area contributed by atoms with Crippen LogP contribution in [0.5, 0.6) is 0 Å². The Bertz CT molecular complexity index is 723. The molecule has 0 aliphatic heterocycles. The largest absolute Gasteiger partial charge is 0.399 e. The summed E-state index contributed by atoms with van der Waals surface area (Å²) >= 11 is 0. The quantitative estimate of drug-likeness (QED) is 0.874. The average molecular weight is 291 g/mol. The third kappa shape index (κ3) is 2.75. The zero-order chi connectivity index (χ0) is 14.9. The van der Waals surface area contributed by atoms with E-state index in [4.69, 9.17) is 5.73 Å². The van der Waals surface area contributed by atoms with Gasteiger partial charge in [0.1, 0.15) is 5.82 Å². The first kappa shape index (κ1) is 14.3. The number of benzene rings is 1. The van der Waals surface area contributed by atoms with Crippen molar-refractivity contribution in [3.05, 3.63) is 42.1 Å². The Balaban J connectivity index is 2.57. The van der Waals surface area contributed by atoms with Gasteiger partial charge in [0.05, 0.1) is 9.79 Å². The minimum Gasteiger partial charge on any atom is -0.399 e. The first-order valence-corrected chi connectivity index (χ1v) is 7.55. The second-order valence-corrected chi connectivity index (χ2v) is 6.72. The van der Waals surface area contributed by atoms with Crippen LogP contribution in [0.1, 0.15) is 5.69 Å². The number of rotatable bonds is 3. The van der Waals surface area contributed by atoms with Crippen LogP contribution in [0.15, 0.2) is 46.2 Å². The molecule has 5 nitrogen and oxygen atoms in total. The molecule has 1 aromatic carbocycles. The van der Waals surface area contributed by atoms with E-state index >= 15 is 0 Å². The monoisotopic (exact) mass is 291 g/mol. The molecule has 0 atom stereocenters. The molecule has 20 heavy (non-hydrogen) atoms. The SMILES string of the molecule is Cc1cc(S(=O)(=O)c2ccc(N)cc2)cc(N(C)C)n1. The van der Waals surface area contributed by atoms with Crippen molar-refractivity contribution in [2.24, 2.45) is 0 Å². The van der Waals surface area contributed by atoms with Gasteiger partial charge in [0.25, 0.3) is 0 Å². The molecule has 0 aliphatic rings. The molecule has 0 saturated carbocycles. The fourth-order valence-electron chi connectivity index (χ4n) is 1.79. The minimum atomic E-state index is -3.56. The molecule has 0 bridgehead atoms. The van der Waals surface area contributed by atoms with Crippen LogP contribution in [-0.4, -0.2) is 27.5 Å². The third-order valence-corrected chi connectivity index (χ3v) is 4.62. The summed E-state index contributed by atoms with van der Waals surface area (Å²) in [4.78, 5) is 6.53. The highest BCUT2D eigenvalue weighted by molar-refractivity contribution is 7.91. The molecule has 2 aromatic rings. The van der Waals surface area contributed by atoms with Gasteiger partial charge in [0.15, 0.2) is 0 Å². The van der Waals surface area contributed by atoms with E-state index in [9.17, 15) is 8.42 Å². The fourth-order valence-corrected chi connectivity index (χ4v) is 3.14. The molecule has 0 aliphatic carbocycles. The van der Waals surface area contributed by atoms with Gasteiger partial charge < -0.3 is 10.6 Å². The van der Waals surface area contributed by atoms with Gasteiger partial charge in [0, 0.05) is 25.5 Å². The fraction of sp³-hybridized carbons (Fsp3) is 0.214. The normalized spacial score (nSPS) is 11.3. The molecule has 2 rings (SSSR count). The van der Waals surface area contributed by atoms with Gasteiger partial charge in [-0.05, 0) is 43.3 Å². The van der Waals surface area contributed by atoms with Crippen LogP contribution in [0.2, 0.25) is 0 Å². The van der Waals surface area contributed by atoms with Gasteiger partial charge in [-0.1, -0.05) is 0 Å². The highest BCUT2D eigenvalue weighted by atomic mass is 32.2.